The first kappa shape index (κ1) is 29.2. The predicted molar refractivity (Wildman–Crippen MR) is 42.1 cm³/mol. The molecular weight excluding hydrogens is 205 g/mol. The average Bonchev–Trinajstić information content (AvgIpc) is 1.54. The second-order valence-electron chi connectivity index (χ2n) is 1.56. The molecule has 8 heteroatoms. The molecule has 0 amide bonds. The van der Waals surface area contributed by atoms with Gasteiger partial charge in [0.1, 0.15) is 0 Å². The summed E-state index contributed by atoms with van der Waals surface area (Å²) in [7, 11) is 0. The summed E-state index contributed by atoms with van der Waals surface area (Å²) >= 11 is 0. The summed E-state index contributed by atoms with van der Waals surface area (Å²) in [6, 6.07) is 0. The van der Waals surface area contributed by atoms with Crippen LogP contribution in [0, 0.1) is 0 Å². The summed E-state index contributed by atoms with van der Waals surface area (Å²) in [5.41, 5.74) is 0. The number of nitrogens with zero attached hydrogens (tertiary/aromatic N) is 1. The molecule has 2 radical (unpaired) electrons. The average molecular weight is 217 g/mol. The summed E-state index contributed by atoms with van der Waals surface area (Å²) < 4.78 is 0. The fourth-order valence-electron chi connectivity index (χ4n) is 0. The molecular formula is C6H12NNaO6+4. The van der Waals surface area contributed by atoms with Crippen LogP contribution in [0.2, 0.25) is 0 Å². The van der Waals surface area contributed by atoms with E-state index in [2.05, 4.69) is 0 Å². The summed E-state index contributed by atoms with van der Waals surface area (Å²) in [6.45, 7) is 3.25. The van der Waals surface area contributed by atoms with Crippen LogP contribution in [-0.2, 0) is 14.4 Å². The molecule has 0 spiro atoms. The van der Waals surface area contributed by atoms with Gasteiger partial charge in [0.15, 0.2) is 0 Å². The summed E-state index contributed by atoms with van der Waals surface area (Å²) in [6.07, 6.45) is 0. The van der Waals surface area contributed by atoms with Gasteiger partial charge in [0.2, 0.25) is 0 Å². The molecule has 0 aromatic heterocycles. The number of hydrogen-bond donors (Lipinski definition) is 3. The van der Waals surface area contributed by atoms with Crippen molar-refractivity contribution < 1.29 is 59.3 Å². The summed E-state index contributed by atoms with van der Waals surface area (Å²) in [4.78, 5) is 27.0. The molecule has 0 heterocycles. The Hall–Kier alpha value is -0.880. The Morgan fingerprint density at radius 2 is 0.714 bits per heavy atom. The zero-order chi connectivity index (χ0) is 10.7. The van der Waals surface area contributed by atoms with Gasteiger partial charge in [-0.1, -0.05) is 0 Å². The molecule has 0 bridgehead atoms. The SMILES string of the molecule is CC(=O)O.CC(=O)O.CC(=O)O.[N+3].[Na+]. The van der Waals surface area contributed by atoms with Gasteiger partial charge in [0, 0.05) is 20.8 Å². The van der Waals surface area contributed by atoms with Gasteiger partial charge in [-0.15, -0.1) is 0 Å². The zero-order valence-electron chi connectivity index (χ0n) is 8.51. The van der Waals surface area contributed by atoms with E-state index in [0.29, 0.717) is 0 Å². The van der Waals surface area contributed by atoms with Gasteiger partial charge in [-0.2, -0.15) is 0 Å². The summed E-state index contributed by atoms with van der Waals surface area (Å²) in [5.74, 6) is -2.50. The van der Waals surface area contributed by atoms with Crippen LogP contribution in [0.4, 0.5) is 0 Å². The van der Waals surface area contributed by atoms with Crippen LogP contribution in [0.25, 0.3) is 0 Å². The van der Waals surface area contributed by atoms with Gasteiger partial charge in [0.05, 0.1) is 0 Å². The quantitative estimate of drug-likeness (QED) is 0.364. The van der Waals surface area contributed by atoms with Crippen LogP contribution in [0.3, 0.4) is 0 Å². The Morgan fingerprint density at radius 1 is 0.714 bits per heavy atom. The van der Waals surface area contributed by atoms with Crippen molar-refractivity contribution in [3.63, 3.8) is 0 Å². The Kier molecular flexibility index (Phi) is 47.5. The Labute approximate surface area is 104 Å². The number of carboxylic acids is 3. The topological polar surface area (TPSA) is 142 Å². The van der Waals surface area contributed by atoms with E-state index in [9.17, 15) is 0 Å². The minimum absolute atomic E-state index is 0. The van der Waals surface area contributed by atoms with E-state index in [-0.39, 0.29) is 35.7 Å². The van der Waals surface area contributed by atoms with Gasteiger partial charge in [-0.05, 0) is 0 Å². The predicted octanol–water partition coefficient (Wildman–Crippen LogP) is -3.20. The van der Waals surface area contributed by atoms with E-state index in [1.54, 1.807) is 0 Å². The minimum Gasteiger partial charge on any atom is -0.481 e. The molecule has 74 valence electrons. The largest absolute Gasteiger partial charge is 3.00 e. The van der Waals surface area contributed by atoms with Crippen LogP contribution >= 0.6 is 0 Å². The first-order valence-electron chi connectivity index (χ1n) is 2.78. The molecule has 0 fully saturated rings. The van der Waals surface area contributed by atoms with E-state index in [1.807, 2.05) is 0 Å². The number of rotatable bonds is 0. The minimum atomic E-state index is -0.833. The maximum Gasteiger partial charge on any atom is 3.00 e. The molecule has 3 N–H and O–H groups in total. The molecule has 0 saturated heterocycles. The van der Waals surface area contributed by atoms with Crippen LogP contribution < -0.4 is 35.7 Å². The van der Waals surface area contributed by atoms with Crippen molar-refractivity contribution in [3.8, 4) is 0 Å². The molecule has 0 aliphatic rings. The molecule has 0 saturated carbocycles. The van der Waals surface area contributed by atoms with E-state index in [4.69, 9.17) is 29.7 Å². The number of carboxylic acid groups (broad SMARTS) is 3. The molecule has 7 nitrogen and oxygen atoms in total. The smallest absolute Gasteiger partial charge is 0.481 e. The van der Waals surface area contributed by atoms with Crippen LogP contribution in [-0.4, -0.2) is 33.2 Å². The van der Waals surface area contributed by atoms with E-state index in [1.165, 1.54) is 0 Å². The van der Waals surface area contributed by atoms with Crippen molar-refractivity contribution in [2.75, 3.05) is 0 Å². The molecule has 0 aliphatic heterocycles. The van der Waals surface area contributed by atoms with Crippen LogP contribution in [0.15, 0.2) is 0 Å². The number of aliphatic carboxylic acids is 3. The zero-order valence-corrected chi connectivity index (χ0v) is 10.5. The van der Waals surface area contributed by atoms with Crippen molar-refractivity contribution in [3.05, 3.63) is 0 Å². The number of carbonyl (C=O) groups is 3. The van der Waals surface area contributed by atoms with Crippen LogP contribution in [0.5, 0.6) is 0 Å². The number of hydrogen-bond acceptors (Lipinski definition) is 3. The molecule has 0 aliphatic carbocycles. The molecule has 0 unspecified atom stereocenters. The van der Waals surface area contributed by atoms with Crippen LogP contribution in [0.1, 0.15) is 20.8 Å². The third kappa shape index (κ3) is 1470. The Balaban J connectivity index is -0.0000000270. The van der Waals surface area contributed by atoms with Gasteiger partial charge < -0.3 is 15.3 Å². The van der Waals surface area contributed by atoms with Gasteiger partial charge in [0.25, 0.3) is 17.9 Å². The van der Waals surface area contributed by atoms with Gasteiger partial charge in [-0.25, -0.2) is 0 Å². The van der Waals surface area contributed by atoms with Crippen molar-refractivity contribution in [1.82, 2.24) is 6.15 Å². The monoisotopic (exact) mass is 217 g/mol. The van der Waals surface area contributed by atoms with Gasteiger partial charge in [-0.3, -0.25) is 14.4 Å². The van der Waals surface area contributed by atoms with E-state index >= 15 is 0 Å². The maximum atomic E-state index is 9.00. The first-order valence-corrected chi connectivity index (χ1v) is 2.78. The molecule has 0 aromatic carbocycles. The molecule has 14 heavy (non-hydrogen) atoms. The van der Waals surface area contributed by atoms with Crippen molar-refractivity contribution in [2.24, 2.45) is 0 Å². The fourth-order valence-corrected chi connectivity index (χ4v) is 0. The van der Waals surface area contributed by atoms with Crippen molar-refractivity contribution >= 4 is 17.9 Å². The third-order valence-corrected chi connectivity index (χ3v) is 0. The standard InChI is InChI=1S/3C2H4O2.N.Na/c3*1-2(3)4;;/h3*1H3,(H,3,4);;/q;;;+3;+1. The first-order chi connectivity index (χ1) is 5.20. The van der Waals surface area contributed by atoms with E-state index < -0.39 is 17.9 Å². The van der Waals surface area contributed by atoms with E-state index in [0.717, 1.165) is 20.8 Å². The van der Waals surface area contributed by atoms with Crippen molar-refractivity contribution in [1.29, 1.82) is 0 Å². The van der Waals surface area contributed by atoms with Gasteiger partial charge >= 0.3 is 35.7 Å². The Bertz CT molecular complexity index is 120. The third-order valence-electron chi connectivity index (χ3n) is 0. The summed E-state index contributed by atoms with van der Waals surface area (Å²) in [5, 5.41) is 22.2. The molecule has 0 atom stereocenters. The van der Waals surface area contributed by atoms with Crippen molar-refractivity contribution in [2.45, 2.75) is 20.8 Å². The Morgan fingerprint density at radius 3 is 0.714 bits per heavy atom. The maximum absolute atomic E-state index is 9.00. The molecule has 0 rings (SSSR count). The fraction of sp³-hybridized carbons (Fsp3) is 0.500. The normalized spacial score (nSPS) is 5.36. The second-order valence-corrected chi connectivity index (χ2v) is 1.56. The second kappa shape index (κ2) is 22.7. The molecule has 0 aromatic rings.